The van der Waals surface area contributed by atoms with E-state index in [4.69, 9.17) is 0 Å². The highest BCUT2D eigenvalue weighted by atomic mass is 32.2. The van der Waals surface area contributed by atoms with Gasteiger partial charge in [0, 0.05) is 30.3 Å². The van der Waals surface area contributed by atoms with E-state index in [1.54, 1.807) is 13.8 Å². The van der Waals surface area contributed by atoms with Gasteiger partial charge in [0.1, 0.15) is 0 Å². The van der Waals surface area contributed by atoms with Crippen LogP contribution in [0.15, 0.2) is 24.3 Å². The number of likely N-dealkylation sites (tertiary alicyclic amines) is 1. The van der Waals surface area contributed by atoms with Crippen LogP contribution in [0.25, 0.3) is 0 Å². The molecule has 1 heterocycles. The van der Waals surface area contributed by atoms with Gasteiger partial charge in [-0.3, -0.25) is 4.79 Å². The van der Waals surface area contributed by atoms with E-state index in [2.05, 4.69) is 4.72 Å². The fourth-order valence-corrected chi connectivity index (χ4v) is 4.19. The second-order valence-electron chi connectivity index (χ2n) is 5.90. The Balaban J connectivity index is 2.05. The van der Waals surface area contributed by atoms with Crippen LogP contribution in [0, 0.1) is 0 Å². The first kappa shape index (κ1) is 17.8. The predicted octanol–water partition coefficient (Wildman–Crippen LogP) is 2.17. The number of alkyl halides is 2. The highest BCUT2D eigenvalue weighted by Crippen LogP contribution is 2.22. The number of carbonyl (C=O) groups excluding carboxylic acids is 1. The molecule has 0 aromatic heterocycles. The minimum absolute atomic E-state index is 0.109. The molecule has 1 aliphatic heterocycles. The van der Waals surface area contributed by atoms with Gasteiger partial charge in [-0.05, 0) is 32.4 Å². The standard InChI is InChI=1S/C15H20F2N2O3S/c1-10(2)18-23(21,22)13-7-8-19(9-13)15(20)12-5-3-11(4-6-12)14(16)17/h3-6,10,13-14,18H,7-9H2,1-2H3. The van der Waals surface area contributed by atoms with E-state index in [9.17, 15) is 22.0 Å². The Hall–Kier alpha value is -1.54. The third-order valence-electron chi connectivity index (χ3n) is 3.68. The molecule has 2 rings (SSSR count). The highest BCUT2D eigenvalue weighted by Gasteiger charge is 2.35. The van der Waals surface area contributed by atoms with Crippen LogP contribution in [0.2, 0.25) is 0 Å². The van der Waals surface area contributed by atoms with Crippen molar-refractivity contribution < 1.29 is 22.0 Å². The molecule has 1 fully saturated rings. The number of carbonyl (C=O) groups is 1. The number of nitrogens with zero attached hydrogens (tertiary/aromatic N) is 1. The number of amides is 1. The van der Waals surface area contributed by atoms with Crippen molar-refractivity contribution in [2.45, 2.75) is 38.0 Å². The molecule has 0 saturated carbocycles. The first-order valence-electron chi connectivity index (χ1n) is 7.39. The summed E-state index contributed by atoms with van der Waals surface area (Å²) in [6, 6.07) is 4.91. The fraction of sp³-hybridized carbons (Fsp3) is 0.533. The molecule has 5 nitrogen and oxygen atoms in total. The van der Waals surface area contributed by atoms with Gasteiger partial charge in [0.05, 0.1) is 5.25 Å². The Kier molecular flexibility index (Phi) is 5.36. The average molecular weight is 346 g/mol. The largest absolute Gasteiger partial charge is 0.337 e. The molecule has 1 amide bonds. The highest BCUT2D eigenvalue weighted by molar-refractivity contribution is 7.90. The first-order valence-corrected chi connectivity index (χ1v) is 8.94. The molecule has 0 aliphatic carbocycles. The maximum Gasteiger partial charge on any atom is 0.263 e. The normalized spacial score (nSPS) is 18.9. The summed E-state index contributed by atoms with van der Waals surface area (Å²) in [5.41, 5.74) is 0.133. The van der Waals surface area contributed by atoms with Gasteiger partial charge < -0.3 is 4.90 Å². The maximum atomic E-state index is 12.5. The lowest BCUT2D eigenvalue weighted by atomic mass is 10.1. The van der Waals surface area contributed by atoms with Gasteiger partial charge in [-0.25, -0.2) is 21.9 Å². The topological polar surface area (TPSA) is 66.5 Å². The number of hydrogen-bond donors (Lipinski definition) is 1. The maximum absolute atomic E-state index is 12.5. The van der Waals surface area contributed by atoms with Gasteiger partial charge in [-0.1, -0.05) is 12.1 Å². The number of benzene rings is 1. The van der Waals surface area contributed by atoms with Gasteiger partial charge >= 0.3 is 0 Å². The van der Waals surface area contributed by atoms with Crippen molar-refractivity contribution in [3.05, 3.63) is 35.4 Å². The quantitative estimate of drug-likeness (QED) is 0.888. The molecule has 1 atom stereocenters. The molecule has 1 N–H and O–H groups in total. The van der Waals surface area contributed by atoms with Gasteiger partial charge in [0.2, 0.25) is 10.0 Å². The average Bonchev–Trinajstić information content (AvgIpc) is 2.96. The van der Waals surface area contributed by atoms with Crippen molar-refractivity contribution >= 4 is 15.9 Å². The van der Waals surface area contributed by atoms with E-state index in [0.717, 1.165) is 0 Å². The summed E-state index contributed by atoms with van der Waals surface area (Å²) >= 11 is 0. The predicted molar refractivity (Wildman–Crippen MR) is 82.9 cm³/mol. The Morgan fingerprint density at radius 2 is 1.87 bits per heavy atom. The SMILES string of the molecule is CC(C)NS(=O)(=O)C1CCN(C(=O)c2ccc(C(F)F)cc2)C1. The molecule has 1 unspecified atom stereocenters. The summed E-state index contributed by atoms with van der Waals surface area (Å²) in [5.74, 6) is -0.340. The molecule has 1 aromatic rings. The van der Waals surface area contributed by atoms with E-state index < -0.39 is 21.7 Å². The van der Waals surface area contributed by atoms with Gasteiger partial charge in [0.25, 0.3) is 12.3 Å². The Morgan fingerprint density at radius 3 is 2.39 bits per heavy atom. The molecule has 1 saturated heterocycles. The van der Waals surface area contributed by atoms with E-state index in [0.29, 0.717) is 13.0 Å². The van der Waals surface area contributed by atoms with Gasteiger partial charge in [-0.2, -0.15) is 0 Å². The van der Waals surface area contributed by atoms with Crippen molar-refractivity contribution in [3.8, 4) is 0 Å². The monoisotopic (exact) mass is 346 g/mol. The lowest BCUT2D eigenvalue weighted by Gasteiger charge is -2.18. The molecule has 0 bridgehead atoms. The molecular formula is C15H20F2N2O3S. The summed E-state index contributed by atoms with van der Waals surface area (Å²) in [6.07, 6.45) is -2.22. The van der Waals surface area contributed by atoms with Crippen LogP contribution < -0.4 is 4.72 Å². The summed E-state index contributed by atoms with van der Waals surface area (Å²) in [7, 11) is -3.47. The van der Waals surface area contributed by atoms with Crippen molar-refractivity contribution in [2.75, 3.05) is 13.1 Å². The number of nitrogens with one attached hydrogen (secondary N) is 1. The fourth-order valence-electron chi connectivity index (χ4n) is 2.54. The van der Waals surface area contributed by atoms with Gasteiger partial charge in [0.15, 0.2) is 0 Å². The van der Waals surface area contributed by atoms with Crippen molar-refractivity contribution in [2.24, 2.45) is 0 Å². The number of rotatable bonds is 5. The van der Waals surface area contributed by atoms with Crippen molar-refractivity contribution in [1.29, 1.82) is 0 Å². The molecule has 0 radical (unpaired) electrons. The third kappa shape index (κ3) is 4.26. The smallest absolute Gasteiger partial charge is 0.263 e. The minimum Gasteiger partial charge on any atom is -0.337 e. The zero-order valence-corrected chi connectivity index (χ0v) is 13.8. The van der Waals surface area contributed by atoms with E-state index >= 15 is 0 Å². The van der Waals surface area contributed by atoms with Crippen LogP contribution in [-0.2, 0) is 10.0 Å². The van der Waals surface area contributed by atoms with Crippen LogP contribution in [-0.4, -0.2) is 43.6 Å². The lowest BCUT2D eigenvalue weighted by molar-refractivity contribution is 0.0792. The molecule has 1 aliphatic rings. The summed E-state index contributed by atoms with van der Waals surface area (Å²) < 4.78 is 51.8. The second kappa shape index (κ2) is 6.92. The number of halogens is 2. The molecule has 128 valence electrons. The van der Waals surface area contributed by atoms with E-state index in [1.165, 1.54) is 29.2 Å². The van der Waals surface area contributed by atoms with Crippen LogP contribution in [0.5, 0.6) is 0 Å². The minimum atomic E-state index is -3.47. The zero-order chi connectivity index (χ0) is 17.2. The van der Waals surface area contributed by atoms with E-state index in [-0.39, 0.29) is 29.6 Å². The summed E-state index contributed by atoms with van der Waals surface area (Å²) in [5, 5.41) is -0.644. The Morgan fingerprint density at radius 1 is 1.26 bits per heavy atom. The van der Waals surface area contributed by atoms with Gasteiger partial charge in [-0.15, -0.1) is 0 Å². The molecule has 8 heteroatoms. The first-order chi connectivity index (χ1) is 10.7. The van der Waals surface area contributed by atoms with E-state index in [1.807, 2.05) is 0 Å². The molecular weight excluding hydrogens is 326 g/mol. The van der Waals surface area contributed by atoms with Crippen molar-refractivity contribution in [1.82, 2.24) is 9.62 Å². The van der Waals surface area contributed by atoms with Crippen LogP contribution in [0.4, 0.5) is 8.78 Å². The van der Waals surface area contributed by atoms with Crippen LogP contribution in [0.3, 0.4) is 0 Å². The van der Waals surface area contributed by atoms with Crippen LogP contribution in [0.1, 0.15) is 42.6 Å². The Labute approximate surface area is 134 Å². The lowest BCUT2D eigenvalue weighted by Crippen LogP contribution is -2.40. The number of sulfonamides is 1. The second-order valence-corrected chi connectivity index (χ2v) is 7.89. The third-order valence-corrected chi connectivity index (χ3v) is 5.74. The van der Waals surface area contributed by atoms with Crippen LogP contribution >= 0.6 is 0 Å². The zero-order valence-electron chi connectivity index (χ0n) is 13.0. The summed E-state index contributed by atoms with van der Waals surface area (Å²) in [6.45, 7) is 3.91. The summed E-state index contributed by atoms with van der Waals surface area (Å²) in [4.78, 5) is 13.8. The van der Waals surface area contributed by atoms with Crippen molar-refractivity contribution in [3.63, 3.8) is 0 Å². The number of hydrogen-bond acceptors (Lipinski definition) is 3. The molecule has 23 heavy (non-hydrogen) atoms. The molecule has 0 spiro atoms. The Bertz CT molecular complexity index is 660. The molecule has 1 aromatic carbocycles.